The molecule has 2 N–H and O–H groups in total. The van der Waals surface area contributed by atoms with Crippen molar-refractivity contribution in [2.45, 2.75) is 41.0 Å². The lowest BCUT2D eigenvalue weighted by molar-refractivity contribution is -0.119. The van der Waals surface area contributed by atoms with Gasteiger partial charge in [0.05, 0.1) is 11.3 Å². The Morgan fingerprint density at radius 3 is 2.36 bits per heavy atom. The highest BCUT2D eigenvalue weighted by Crippen LogP contribution is 2.23. The van der Waals surface area contributed by atoms with Crippen molar-refractivity contribution in [3.8, 4) is 0 Å². The molecule has 2 rings (SSSR count). The number of carbonyl (C=O) groups excluding carboxylic acids is 1. The van der Waals surface area contributed by atoms with Crippen LogP contribution in [0.2, 0.25) is 0 Å². The van der Waals surface area contributed by atoms with Crippen LogP contribution in [-0.2, 0) is 18.3 Å². The van der Waals surface area contributed by atoms with Gasteiger partial charge in [-0.2, -0.15) is 5.10 Å². The molecule has 2 aromatic rings. The average molecular weight is 343 g/mol. The summed E-state index contributed by atoms with van der Waals surface area (Å²) in [6, 6.07) is 3.30. The first kappa shape index (κ1) is 18.7. The quantitative estimate of drug-likeness (QED) is 0.873. The van der Waals surface area contributed by atoms with Crippen LogP contribution in [0.15, 0.2) is 12.1 Å². The van der Waals surface area contributed by atoms with Crippen LogP contribution in [0.5, 0.6) is 0 Å². The van der Waals surface area contributed by atoms with Crippen LogP contribution in [0.3, 0.4) is 0 Å². The van der Waals surface area contributed by atoms with E-state index in [9.17, 15) is 14.7 Å². The van der Waals surface area contributed by atoms with Crippen LogP contribution >= 0.6 is 0 Å². The van der Waals surface area contributed by atoms with Gasteiger partial charge in [0.25, 0.3) is 0 Å². The highest BCUT2D eigenvalue weighted by Gasteiger charge is 2.20. The number of aromatic nitrogens is 2. The maximum atomic E-state index is 12.6. The summed E-state index contributed by atoms with van der Waals surface area (Å²) in [5.74, 6) is -1.39. The fourth-order valence-corrected chi connectivity index (χ4v) is 2.99. The highest BCUT2D eigenvalue weighted by molar-refractivity contribution is 5.96. The molecular weight excluding hydrogens is 318 g/mol. The fraction of sp³-hybridized carbons (Fsp3) is 0.421. The predicted molar refractivity (Wildman–Crippen MR) is 97.1 cm³/mol. The smallest absolute Gasteiger partial charge is 0.336 e. The number of benzene rings is 1. The van der Waals surface area contributed by atoms with Crippen molar-refractivity contribution in [1.82, 2.24) is 9.78 Å². The molecule has 1 aromatic carbocycles. The van der Waals surface area contributed by atoms with Crippen molar-refractivity contribution in [3.05, 3.63) is 45.8 Å². The van der Waals surface area contributed by atoms with Gasteiger partial charge in [-0.1, -0.05) is 13.0 Å². The number of amides is 1. The summed E-state index contributed by atoms with van der Waals surface area (Å²) in [4.78, 5) is 23.9. The largest absolute Gasteiger partial charge is 0.478 e. The third-order valence-electron chi connectivity index (χ3n) is 4.68. The Bertz CT molecular complexity index is 837. The standard InChI is InChI=1S/C19H25N3O3/c1-10-7-11(2)17(9-15(10)19(24)25)20-18(23)12(3)8-16-13(4)21-22(6)14(16)5/h7,9,12H,8H2,1-6H3,(H,20,23)(H,24,25). The molecule has 1 amide bonds. The summed E-state index contributed by atoms with van der Waals surface area (Å²) in [7, 11) is 1.89. The van der Waals surface area contributed by atoms with E-state index in [0.29, 0.717) is 17.7 Å². The lowest BCUT2D eigenvalue weighted by atomic mass is 9.98. The monoisotopic (exact) mass is 343 g/mol. The molecule has 1 unspecified atom stereocenters. The predicted octanol–water partition coefficient (Wildman–Crippen LogP) is 3.17. The first-order valence-electron chi connectivity index (χ1n) is 8.26. The zero-order chi connectivity index (χ0) is 18.9. The van der Waals surface area contributed by atoms with Crippen LogP contribution in [0.25, 0.3) is 0 Å². The van der Waals surface area contributed by atoms with Crippen molar-refractivity contribution in [3.63, 3.8) is 0 Å². The molecule has 134 valence electrons. The molecule has 0 saturated carbocycles. The summed E-state index contributed by atoms with van der Waals surface area (Å²) in [6.07, 6.45) is 0.591. The van der Waals surface area contributed by atoms with Crippen molar-refractivity contribution in [2.75, 3.05) is 5.32 Å². The summed E-state index contributed by atoms with van der Waals surface area (Å²) >= 11 is 0. The number of nitrogens with zero attached hydrogens (tertiary/aromatic N) is 2. The molecule has 0 spiro atoms. The normalized spacial score (nSPS) is 12.1. The van der Waals surface area contributed by atoms with Crippen molar-refractivity contribution in [2.24, 2.45) is 13.0 Å². The molecule has 1 aromatic heterocycles. The first-order chi connectivity index (χ1) is 11.6. The van der Waals surface area contributed by atoms with Gasteiger partial charge in [-0.25, -0.2) is 4.79 Å². The Morgan fingerprint density at radius 1 is 1.20 bits per heavy atom. The van der Waals surface area contributed by atoms with Crippen LogP contribution in [0, 0.1) is 33.6 Å². The summed E-state index contributed by atoms with van der Waals surface area (Å²) in [5.41, 5.74) is 5.33. The fourth-order valence-electron chi connectivity index (χ4n) is 2.99. The maximum absolute atomic E-state index is 12.6. The van der Waals surface area contributed by atoms with Gasteiger partial charge in [-0.3, -0.25) is 9.48 Å². The third kappa shape index (κ3) is 3.90. The zero-order valence-electron chi connectivity index (χ0n) is 15.6. The van der Waals surface area contributed by atoms with E-state index in [1.165, 1.54) is 6.07 Å². The van der Waals surface area contributed by atoms with Gasteiger partial charge in [0, 0.05) is 24.3 Å². The van der Waals surface area contributed by atoms with E-state index < -0.39 is 5.97 Å². The number of aryl methyl sites for hydroxylation is 4. The molecule has 0 fully saturated rings. The van der Waals surface area contributed by atoms with E-state index in [0.717, 1.165) is 22.5 Å². The van der Waals surface area contributed by atoms with Crippen LogP contribution in [-0.4, -0.2) is 26.8 Å². The number of carboxylic acid groups (broad SMARTS) is 1. The topological polar surface area (TPSA) is 84.2 Å². The Kier molecular flexibility index (Phi) is 5.30. The van der Waals surface area contributed by atoms with E-state index in [2.05, 4.69) is 10.4 Å². The van der Waals surface area contributed by atoms with Gasteiger partial charge in [0.2, 0.25) is 5.91 Å². The molecule has 1 atom stereocenters. The number of carboxylic acids is 1. The number of hydrogen-bond donors (Lipinski definition) is 2. The molecule has 6 heteroatoms. The number of anilines is 1. The molecule has 0 radical (unpaired) electrons. The first-order valence-corrected chi connectivity index (χ1v) is 8.26. The second-order valence-electron chi connectivity index (χ2n) is 6.65. The number of nitrogens with one attached hydrogen (secondary N) is 1. The zero-order valence-corrected chi connectivity index (χ0v) is 15.6. The summed E-state index contributed by atoms with van der Waals surface area (Å²) < 4.78 is 1.82. The van der Waals surface area contributed by atoms with Crippen LogP contribution in [0.1, 0.15) is 45.4 Å². The van der Waals surface area contributed by atoms with E-state index in [1.807, 2.05) is 39.4 Å². The maximum Gasteiger partial charge on any atom is 0.336 e. The van der Waals surface area contributed by atoms with Crippen LogP contribution in [0.4, 0.5) is 5.69 Å². The number of carbonyl (C=O) groups is 2. The molecule has 0 aliphatic carbocycles. The minimum Gasteiger partial charge on any atom is -0.478 e. The molecule has 0 saturated heterocycles. The third-order valence-corrected chi connectivity index (χ3v) is 4.68. The SMILES string of the molecule is Cc1cc(C)c(C(=O)O)cc1NC(=O)C(C)Cc1c(C)nn(C)c1C. The Balaban J connectivity index is 2.19. The van der Waals surface area contributed by atoms with Gasteiger partial charge < -0.3 is 10.4 Å². The van der Waals surface area contributed by atoms with Gasteiger partial charge in [-0.15, -0.1) is 0 Å². The molecule has 0 aliphatic rings. The van der Waals surface area contributed by atoms with Gasteiger partial charge in [-0.05, 0) is 56.9 Å². The second kappa shape index (κ2) is 7.09. The van der Waals surface area contributed by atoms with Gasteiger partial charge in [0.15, 0.2) is 0 Å². The highest BCUT2D eigenvalue weighted by atomic mass is 16.4. The molecular formula is C19H25N3O3. The second-order valence-corrected chi connectivity index (χ2v) is 6.65. The minimum atomic E-state index is -0.998. The summed E-state index contributed by atoms with van der Waals surface area (Å²) in [6.45, 7) is 9.40. The molecule has 6 nitrogen and oxygen atoms in total. The molecule has 0 aliphatic heterocycles. The number of hydrogen-bond acceptors (Lipinski definition) is 3. The molecule has 1 heterocycles. The minimum absolute atomic E-state index is 0.133. The Hall–Kier alpha value is -2.63. The number of rotatable bonds is 5. The average Bonchev–Trinajstić information content (AvgIpc) is 2.75. The van der Waals surface area contributed by atoms with E-state index in [1.54, 1.807) is 13.0 Å². The molecule has 0 bridgehead atoms. The van der Waals surface area contributed by atoms with Crippen LogP contribution < -0.4 is 5.32 Å². The van der Waals surface area contributed by atoms with E-state index in [4.69, 9.17) is 0 Å². The summed E-state index contributed by atoms with van der Waals surface area (Å²) in [5, 5.41) is 16.5. The van der Waals surface area contributed by atoms with Gasteiger partial charge >= 0.3 is 5.97 Å². The Labute approximate surface area is 147 Å². The van der Waals surface area contributed by atoms with E-state index >= 15 is 0 Å². The lowest BCUT2D eigenvalue weighted by Gasteiger charge is -2.15. The van der Waals surface area contributed by atoms with Crippen molar-refractivity contribution in [1.29, 1.82) is 0 Å². The lowest BCUT2D eigenvalue weighted by Crippen LogP contribution is -2.23. The van der Waals surface area contributed by atoms with Gasteiger partial charge in [0.1, 0.15) is 0 Å². The Morgan fingerprint density at radius 2 is 1.84 bits per heavy atom. The molecule has 25 heavy (non-hydrogen) atoms. The van der Waals surface area contributed by atoms with Crippen molar-refractivity contribution < 1.29 is 14.7 Å². The van der Waals surface area contributed by atoms with E-state index in [-0.39, 0.29) is 17.4 Å². The van der Waals surface area contributed by atoms with Crippen molar-refractivity contribution >= 4 is 17.6 Å². The number of aromatic carboxylic acids is 1.